The number of aryl methyl sites for hydroxylation is 1. The van der Waals surface area contributed by atoms with Crippen LogP contribution in [0, 0.1) is 17.9 Å². The third-order valence-corrected chi connectivity index (χ3v) is 6.19. The monoisotopic (exact) mass is 396 g/mol. The Balaban J connectivity index is 1.70. The van der Waals surface area contributed by atoms with Gasteiger partial charge < -0.3 is 5.32 Å². The first-order valence-corrected chi connectivity index (χ1v) is 10.1. The first-order chi connectivity index (χ1) is 14.2. The Bertz CT molecular complexity index is 1390. The molecule has 0 bridgehead atoms. The van der Waals surface area contributed by atoms with Crippen molar-refractivity contribution in [2.24, 2.45) is 7.05 Å². The highest BCUT2D eigenvalue weighted by atomic mass is 32.1. The second-order valence-corrected chi connectivity index (χ2v) is 8.06. The Labute approximate surface area is 171 Å². The van der Waals surface area contributed by atoms with Crippen molar-refractivity contribution in [1.82, 2.24) is 20.1 Å². The van der Waals surface area contributed by atoms with E-state index in [0.717, 1.165) is 51.2 Å². The third kappa shape index (κ3) is 2.98. The number of aromatic nitrogens is 3. The number of fused-ring (bicyclic) bond motifs is 2. The molecule has 140 valence electrons. The van der Waals surface area contributed by atoms with Crippen LogP contribution in [0.2, 0.25) is 0 Å². The van der Waals surface area contributed by atoms with Crippen LogP contribution in [0.25, 0.3) is 42.7 Å². The van der Waals surface area contributed by atoms with Crippen molar-refractivity contribution in [3.63, 3.8) is 0 Å². The van der Waals surface area contributed by atoms with Crippen LogP contribution in [-0.4, -0.2) is 27.9 Å². The SMILES string of the molecule is [C-]#[N+]c1cc(-c2cc(C#N)c3nn(C)cc3c2)cc2sc(C3=CCNCC3)nc12. The van der Waals surface area contributed by atoms with Gasteiger partial charge >= 0.3 is 0 Å². The zero-order valence-electron chi connectivity index (χ0n) is 15.7. The molecule has 0 radical (unpaired) electrons. The van der Waals surface area contributed by atoms with E-state index in [1.165, 1.54) is 5.57 Å². The molecular weight excluding hydrogens is 380 g/mol. The summed E-state index contributed by atoms with van der Waals surface area (Å²) in [4.78, 5) is 8.51. The van der Waals surface area contributed by atoms with Crippen molar-refractivity contribution in [2.45, 2.75) is 6.42 Å². The molecule has 0 spiro atoms. The van der Waals surface area contributed by atoms with Gasteiger partial charge in [-0.15, -0.1) is 11.3 Å². The van der Waals surface area contributed by atoms with Crippen LogP contribution in [0.15, 0.2) is 36.5 Å². The fraction of sp³-hybridized carbons (Fsp3) is 0.182. The Morgan fingerprint density at radius 2 is 2.10 bits per heavy atom. The van der Waals surface area contributed by atoms with E-state index in [4.69, 9.17) is 11.6 Å². The first kappa shape index (κ1) is 17.6. The molecule has 0 fully saturated rings. The van der Waals surface area contributed by atoms with Crippen LogP contribution in [-0.2, 0) is 7.05 Å². The number of rotatable bonds is 2. The highest BCUT2D eigenvalue weighted by Gasteiger charge is 2.16. The maximum Gasteiger partial charge on any atom is 0.214 e. The lowest BCUT2D eigenvalue weighted by molar-refractivity contribution is 0.738. The molecule has 2 aromatic heterocycles. The highest BCUT2D eigenvalue weighted by molar-refractivity contribution is 7.19. The maximum atomic E-state index is 9.57. The number of hydrogen-bond donors (Lipinski definition) is 1. The van der Waals surface area contributed by atoms with E-state index in [-0.39, 0.29) is 0 Å². The molecule has 0 saturated carbocycles. The van der Waals surface area contributed by atoms with E-state index in [2.05, 4.69) is 33.5 Å². The molecular formula is C22H16N6S. The van der Waals surface area contributed by atoms with Crippen molar-refractivity contribution >= 4 is 43.7 Å². The van der Waals surface area contributed by atoms with Gasteiger partial charge in [0.15, 0.2) is 0 Å². The van der Waals surface area contributed by atoms with Crippen molar-refractivity contribution in [2.75, 3.05) is 13.1 Å². The van der Waals surface area contributed by atoms with Crippen molar-refractivity contribution < 1.29 is 0 Å². The zero-order chi connectivity index (χ0) is 20.0. The largest absolute Gasteiger partial charge is 0.313 e. The number of nitrogens with one attached hydrogen (secondary N) is 1. The molecule has 6 nitrogen and oxygen atoms in total. The van der Waals surface area contributed by atoms with E-state index in [0.29, 0.717) is 16.8 Å². The molecule has 1 N–H and O–H groups in total. The molecule has 1 aliphatic heterocycles. The first-order valence-electron chi connectivity index (χ1n) is 9.26. The zero-order valence-corrected chi connectivity index (χ0v) is 16.5. The second kappa shape index (κ2) is 6.82. The van der Waals surface area contributed by atoms with E-state index in [1.54, 1.807) is 16.0 Å². The van der Waals surface area contributed by atoms with Crippen molar-refractivity contribution in [3.05, 3.63) is 58.5 Å². The summed E-state index contributed by atoms with van der Waals surface area (Å²) in [6.07, 6.45) is 5.03. The number of hydrogen-bond acceptors (Lipinski definition) is 5. The van der Waals surface area contributed by atoms with Crippen molar-refractivity contribution in [1.29, 1.82) is 5.26 Å². The summed E-state index contributed by atoms with van der Waals surface area (Å²) in [6.45, 7) is 9.46. The van der Waals surface area contributed by atoms with Gasteiger partial charge in [0, 0.05) is 29.9 Å². The molecule has 3 heterocycles. The minimum atomic E-state index is 0.535. The quantitative estimate of drug-likeness (QED) is 0.501. The fourth-order valence-corrected chi connectivity index (χ4v) is 4.82. The standard InChI is InChI=1S/C22H16N6S/c1-24-18-9-15(14-7-16(11-23)20-17(8-14)12-28(2)27-20)10-19-21(18)26-22(29-19)13-3-5-25-6-4-13/h3,7-10,12,25H,4-6H2,2H3. The molecule has 29 heavy (non-hydrogen) atoms. The van der Waals surface area contributed by atoms with Gasteiger partial charge in [-0.25, -0.2) is 9.83 Å². The number of benzene rings is 2. The summed E-state index contributed by atoms with van der Waals surface area (Å²) in [5.74, 6) is 0. The van der Waals surface area contributed by atoms with Crippen molar-refractivity contribution in [3.8, 4) is 17.2 Å². The normalized spacial score (nSPS) is 14.0. The van der Waals surface area contributed by atoms with Crippen LogP contribution < -0.4 is 5.32 Å². The Morgan fingerprint density at radius 1 is 1.24 bits per heavy atom. The molecule has 1 aliphatic rings. The molecule has 2 aromatic carbocycles. The lowest BCUT2D eigenvalue weighted by Gasteiger charge is -2.10. The van der Waals surface area contributed by atoms with Gasteiger partial charge in [-0.1, -0.05) is 6.08 Å². The second-order valence-electron chi connectivity index (χ2n) is 7.03. The summed E-state index contributed by atoms with van der Waals surface area (Å²) in [6, 6.07) is 10.1. The summed E-state index contributed by atoms with van der Waals surface area (Å²) in [5, 5.41) is 19.2. The van der Waals surface area contributed by atoms with E-state index >= 15 is 0 Å². The highest BCUT2D eigenvalue weighted by Crippen LogP contribution is 2.39. The fourth-order valence-electron chi connectivity index (χ4n) is 3.72. The molecule has 7 heteroatoms. The summed E-state index contributed by atoms with van der Waals surface area (Å²) in [5.41, 5.74) is 5.59. The van der Waals surface area contributed by atoms with Crippen LogP contribution in [0.1, 0.15) is 17.0 Å². The number of thiazole rings is 1. The lowest BCUT2D eigenvalue weighted by atomic mass is 10.00. The molecule has 4 aromatic rings. The molecule has 0 unspecified atom stereocenters. The smallest absolute Gasteiger partial charge is 0.214 e. The lowest BCUT2D eigenvalue weighted by Crippen LogP contribution is -2.19. The summed E-state index contributed by atoms with van der Waals surface area (Å²) >= 11 is 1.63. The molecule has 0 aliphatic carbocycles. The van der Waals surface area contributed by atoms with Crippen LogP contribution in [0.3, 0.4) is 0 Å². The minimum Gasteiger partial charge on any atom is -0.313 e. The van der Waals surface area contributed by atoms with Crippen LogP contribution in [0.4, 0.5) is 5.69 Å². The minimum absolute atomic E-state index is 0.535. The molecule has 0 saturated heterocycles. The van der Waals surface area contributed by atoms with Gasteiger partial charge in [0.25, 0.3) is 0 Å². The molecule has 5 rings (SSSR count). The Kier molecular flexibility index (Phi) is 4.13. The predicted octanol–water partition coefficient (Wildman–Crippen LogP) is 4.65. The number of nitriles is 1. The van der Waals surface area contributed by atoms with Gasteiger partial charge in [0.1, 0.15) is 16.6 Å². The predicted molar refractivity (Wildman–Crippen MR) is 116 cm³/mol. The topological polar surface area (TPSA) is 70.9 Å². The van der Waals surface area contributed by atoms with E-state index < -0.39 is 0 Å². The Morgan fingerprint density at radius 3 is 2.86 bits per heavy atom. The van der Waals surface area contributed by atoms with E-state index in [1.807, 2.05) is 31.4 Å². The van der Waals surface area contributed by atoms with Gasteiger partial charge in [-0.3, -0.25) is 4.68 Å². The molecule has 0 atom stereocenters. The Hall–Kier alpha value is -3.52. The third-order valence-electron chi connectivity index (χ3n) is 5.11. The average molecular weight is 396 g/mol. The average Bonchev–Trinajstić information content (AvgIpc) is 3.35. The number of nitrogens with zero attached hydrogens (tertiary/aromatic N) is 5. The maximum absolute atomic E-state index is 9.57. The van der Waals surface area contributed by atoms with E-state index in [9.17, 15) is 5.26 Å². The molecule has 0 amide bonds. The van der Waals surface area contributed by atoms with Crippen LogP contribution >= 0.6 is 11.3 Å². The van der Waals surface area contributed by atoms with Gasteiger partial charge in [-0.05, 0) is 53.9 Å². The summed E-state index contributed by atoms with van der Waals surface area (Å²) < 4.78 is 2.71. The van der Waals surface area contributed by atoms with Gasteiger partial charge in [0.05, 0.1) is 17.7 Å². The van der Waals surface area contributed by atoms with Gasteiger partial charge in [-0.2, -0.15) is 10.4 Å². The van der Waals surface area contributed by atoms with Gasteiger partial charge in [0.2, 0.25) is 5.69 Å². The van der Waals surface area contributed by atoms with Crippen LogP contribution in [0.5, 0.6) is 0 Å². The summed E-state index contributed by atoms with van der Waals surface area (Å²) in [7, 11) is 1.85.